The standard InChI is InChI=1S/C12H8N4O4/c13-10-2-1-8(16(17)18)5-9(10)12-14-11(15-20-12)7-3-4-19-6-7/h1-6H,13H2. The molecule has 8 heteroatoms. The van der Waals surface area contributed by atoms with Gasteiger partial charge in [0.1, 0.15) is 6.26 Å². The highest BCUT2D eigenvalue weighted by molar-refractivity contribution is 5.74. The summed E-state index contributed by atoms with van der Waals surface area (Å²) < 4.78 is 10.0. The fourth-order valence-corrected chi connectivity index (χ4v) is 1.68. The van der Waals surface area contributed by atoms with Crippen molar-refractivity contribution in [2.24, 2.45) is 0 Å². The van der Waals surface area contributed by atoms with Crippen molar-refractivity contribution < 1.29 is 13.9 Å². The fraction of sp³-hybridized carbons (Fsp3) is 0. The average molecular weight is 272 g/mol. The summed E-state index contributed by atoms with van der Waals surface area (Å²) in [6.07, 6.45) is 2.94. The molecule has 1 aromatic carbocycles. The lowest BCUT2D eigenvalue weighted by atomic mass is 10.1. The van der Waals surface area contributed by atoms with E-state index < -0.39 is 4.92 Å². The molecule has 0 saturated carbocycles. The predicted octanol–water partition coefficient (Wildman–Crippen LogP) is 2.49. The molecular weight excluding hydrogens is 264 g/mol. The van der Waals surface area contributed by atoms with Crippen molar-refractivity contribution in [2.75, 3.05) is 5.73 Å². The molecule has 2 N–H and O–H groups in total. The highest BCUT2D eigenvalue weighted by atomic mass is 16.6. The Morgan fingerprint density at radius 1 is 1.30 bits per heavy atom. The highest BCUT2D eigenvalue weighted by Gasteiger charge is 2.17. The summed E-state index contributed by atoms with van der Waals surface area (Å²) in [6, 6.07) is 5.70. The lowest BCUT2D eigenvalue weighted by molar-refractivity contribution is -0.384. The Morgan fingerprint density at radius 3 is 2.85 bits per heavy atom. The Hall–Kier alpha value is -3.16. The molecule has 0 bridgehead atoms. The van der Waals surface area contributed by atoms with E-state index in [1.807, 2.05) is 0 Å². The van der Waals surface area contributed by atoms with Crippen molar-refractivity contribution in [1.82, 2.24) is 10.1 Å². The summed E-state index contributed by atoms with van der Waals surface area (Å²) in [5.41, 5.74) is 6.96. The van der Waals surface area contributed by atoms with E-state index in [0.717, 1.165) is 0 Å². The second-order valence-electron chi connectivity index (χ2n) is 3.96. The minimum Gasteiger partial charge on any atom is -0.472 e. The first-order valence-electron chi connectivity index (χ1n) is 5.56. The van der Waals surface area contributed by atoms with Crippen LogP contribution in [0.5, 0.6) is 0 Å². The first kappa shape index (κ1) is 11.9. The second-order valence-corrected chi connectivity index (χ2v) is 3.96. The molecular formula is C12H8N4O4. The van der Waals surface area contributed by atoms with E-state index >= 15 is 0 Å². The van der Waals surface area contributed by atoms with Crippen molar-refractivity contribution in [3.05, 3.63) is 46.9 Å². The summed E-state index contributed by atoms with van der Waals surface area (Å²) in [7, 11) is 0. The number of hydrogen-bond acceptors (Lipinski definition) is 7. The molecule has 0 atom stereocenters. The van der Waals surface area contributed by atoms with Gasteiger partial charge in [-0.3, -0.25) is 10.1 Å². The molecule has 8 nitrogen and oxygen atoms in total. The Balaban J connectivity index is 2.05. The monoisotopic (exact) mass is 272 g/mol. The predicted molar refractivity (Wildman–Crippen MR) is 68.5 cm³/mol. The second kappa shape index (κ2) is 4.50. The molecule has 0 radical (unpaired) electrons. The van der Waals surface area contributed by atoms with Crippen LogP contribution in [0.2, 0.25) is 0 Å². The van der Waals surface area contributed by atoms with Crippen LogP contribution < -0.4 is 5.73 Å². The van der Waals surface area contributed by atoms with Crippen LogP contribution in [0.15, 0.2) is 45.7 Å². The van der Waals surface area contributed by atoms with Gasteiger partial charge in [-0.05, 0) is 12.1 Å². The molecule has 2 heterocycles. The Bertz CT molecular complexity index is 764. The van der Waals surface area contributed by atoms with Crippen molar-refractivity contribution in [2.45, 2.75) is 0 Å². The topological polar surface area (TPSA) is 121 Å². The van der Waals surface area contributed by atoms with Gasteiger partial charge in [-0.1, -0.05) is 5.16 Å². The lowest BCUT2D eigenvalue weighted by Gasteiger charge is -1.99. The Kier molecular flexibility index (Phi) is 2.68. The summed E-state index contributed by atoms with van der Waals surface area (Å²) in [5.74, 6) is 0.432. The molecule has 0 aliphatic carbocycles. The molecule has 0 aliphatic rings. The van der Waals surface area contributed by atoms with E-state index in [-0.39, 0.29) is 11.6 Å². The number of nitro groups is 1. The number of nitrogen functional groups attached to an aromatic ring is 1. The third kappa shape index (κ3) is 1.99. The number of nitrogens with two attached hydrogens (primary N) is 1. The Morgan fingerprint density at radius 2 is 2.15 bits per heavy atom. The molecule has 3 rings (SSSR count). The molecule has 3 aromatic rings. The van der Waals surface area contributed by atoms with Gasteiger partial charge in [0, 0.05) is 17.8 Å². The molecule has 100 valence electrons. The van der Waals surface area contributed by atoms with Gasteiger partial charge < -0.3 is 14.7 Å². The highest BCUT2D eigenvalue weighted by Crippen LogP contribution is 2.30. The number of rotatable bonds is 3. The molecule has 0 aliphatic heterocycles. The normalized spacial score (nSPS) is 10.6. The first-order valence-corrected chi connectivity index (χ1v) is 5.56. The lowest BCUT2D eigenvalue weighted by Crippen LogP contribution is -1.94. The van der Waals surface area contributed by atoms with Crippen molar-refractivity contribution in [3.63, 3.8) is 0 Å². The number of furan rings is 1. The van der Waals surface area contributed by atoms with Crippen molar-refractivity contribution in [3.8, 4) is 22.8 Å². The first-order chi connectivity index (χ1) is 9.65. The number of nitro benzene ring substituents is 1. The molecule has 0 unspecified atom stereocenters. The van der Waals surface area contributed by atoms with Gasteiger partial charge in [-0.15, -0.1) is 0 Å². The van der Waals surface area contributed by atoms with Crippen LogP contribution in [-0.4, -0.2) is 15.1 Å². The zero-order valence-corrected chi connectivity index (χ0v) is 10.0. The van der Waals surface area contributed by atoms with Crippen LogP contribution in [0.25, 0.3) is 22.8 Å². The number of benzene rings is 1. The molecule has 2 aromatic heterocycles. The van der Waals surface area contributed by atoms with E-state index in [2.05, 4.69) is 10.1 Å². The third-order valence-corrected chi connectivity index (χ3v) is 2.68. The largest absolute Gasteiger partial charge is 0.472 e. The van der Waals surface area contributed by atoms with Crippen LogP contribution in [0.3, 0.4) is 0 Å². The summed E-state index contributed by atoms with van der Waals surface area (Å²) in [4.78, 5) is 14.4. The maximum Gasteiger partial charge on any atom is 0.270 e. The zero-order chi connectivity index (χ0) is 14.1. The van der Waals surface area contributed by atoms with Gasteiger partial charge >= 0.3 is 0 Å². The molecule has 0 amide bonds. The maximum absolute atomic E-state index is 10.8. The molecule has 20 heavy (non-hydrogen) atoms. The minimum atomic E-state index is -0.518. The molecule has 0 fully saturated rings. The van der Waals surface area contributed by atoms with Gasteiger partial charge in [0.2, 0.25) is 5.82 Å². The summed E-state index contributed by atoms with van der Waals surface area (Å²) in [6.45, 7) is 0. The zero-order valence-electron chi connectivity index (χ0n) is 10.0. The van der Waals surface area contributed by atoms with E-state index in [9.17, 15) is 10.1 Å². The van der Waals surface area contributed by atoms with Crippen LogP contribution >= 0.6 is 0 Å². The van der Waals surface area contributed by atoms with Gasteiger partial charge in [0.25, 0.3) is 11.6 Å². The number of nitrogens with zero attached hydrogens (tertiary/aromatic N) is 3. The average Bonchev–Trinajstić information content (AvgIpc) is 3.10. The van der Waals surface area contributed by atoms with Gasteiger partial charge in [-0.25, -0.2) is 0 Å². The number of aromatic nitrogens is 2. The van der Waals surface area contributed by atoms with Crippen LogP contribution in [-0.2, 0) is 0 Å². The smallest absolute Gasteiger partial charge is 0.270 e. The molecule has 0 saturated heterocycles. The Labute approximate surface area is 112 Å². The van der Waals surface area contributed by atoms with Crippen LogP contribution in [0.1, 0.15) is 0 Å². The summed E-state index contributed by atoms with van der Waals surface area (Å²) >= 11 is 0. The van der Waals surface area contributed by atoms with Gasteiger partial charge in [0.05, 0.1) is 22.3 Å². The fourth-order valence-electron chi connectivity index (χ4n) is 1.68. The quantitative estimate of drug-likeness (QED) is 0.441. The van der Waals surface area contributed by atoms with Crippen molar-refractivity contribution in [1.29, 1.82) is 0 Å². The minimum absolute atomic E-state index is 0.0998. The SMILES string of the molecule is Nc1ccc([N+](=O)[O-])cc1-c1nc(-c2ccoc2)no1. The molecule has 0 spiro atoms. The number of non-ortho nitro benzene ring substituents is 1. The number of anilines is 1. The van der Waals surface area contributed by atoms with Gasteiger partial charge in [-0.2, -0.15) is 4.98 Å². The van der Waals surface area contributed by atoms with Crippen molar-refractivity contribution >= 4 is 11.4 Å². The number of hydrogen-bond donors (Lipinski definition) is 1. The van der Waals surface area contributed by atoms with Crippen LogP contribution in [0, 0.1) is 10.1 Å². The van der Waals surface area contributed by atoms with Crippen LogP contribution in [0.4, 0.5) is 11.4 Å². The van der Waals surface area contributed by atoms with Gasteiger partial charge in [0.15, 0.2) is 0 Å². The van der Waals surface area contributed by atoms with E-state index in [4.69, 9.17) is 14.7 Å². The van der Waals surface area contributed by atoms with E-state index in [0.29, 0.717) is 22.6 Å². The van der Waals surface area contributed by atoms with E-state index in [1.54, 1.807) is 6.07 Å². The van der Waals surface area contributed by atoms with E-state index in [1.165, 1.54) is 30.7 Å². The third-order valence-electron chi connectivity index (χ3n) is 2.68. The maximum atomic E-state index is 10.8. The summed E-state index contributed by atoms with van der Waals surface area (Å²) in [5, 5.41) is 14.6.